The summed E-state index contributed by atoms with van der Waals surface area (Å²) in [5.74, 6) is -0.511. The van der Waals surface area contributed by atoms with Crippen LogP contribution >= 0.6 is 15.9 Å². The SMILES string of the molecule is CCOc1cc(C=NNC(=O)C(NC(=O)c2ccc(F)cc2)C(C)C)cc(Br)c1OCc1ccccc1. The second-order valence-corrected chi connectivity index (χ2v) is 9.33. The van der Waals surface area contributed by atoms with Gasteiger partial charge in [-0.2, -0.15) is 5.10 Å². The lowest BCUT2D eigenvalue weighted by molar-refractivity contribution is -0.123. The van der Waals surface area contributed by atoms with E-state index < -0.39 is 23.7 Å². The van der Waals surface area contributed by atoms with Crippen molar-refractivity contribution in [2.45, 2.75) is 33.4 Å². The average Bonchev–Trinajstić information content (AvgIpc) is 2.87. The number of carbonyl (C=O) groups is 2. The highest BCUT2D eigenvalue weighted by Gasteiger charge is 2.24. The van der Waals surface area contributed by atoms with Gasteiger partial charge in [0.15, 0.2) is 11.5 Å². The molecule has 3 aromatic rings. The van der Waals surface area contributed by atoms with E-state index in [9.17, 15) is 14.0 Å². The number of hydrazone groups is 1. The van der Waals surface area contributed by atoms with Crippen molar-refractivity contribution in [2.24, 2.45) is 11.0 Å². The number of hydrogen-bond acceptors (Lipinski definition) is 5. The third kappa shape index (κ3) is 8.15. The minimum Gasteiger partial charge on any atom is -0.490 e. The lowest BCUT2D eigenvalue weighted by Crippen LogP contribution is -2.48. The van der Waals surface area contributed by atoms with Crippen LogP contribution in [0, 0.1) is 11.7 Å². The zero-order valence-corrected chi connectivity index (χ0v) is 22.4. The summed E-state index contributed by atoms with van der Waals surface area (Å²) in [6, 6.07) is 17.6. The second kappa shape index (κ2) is 13.5. The quantitative estimate of drug-likeness (QED) is 0.237. The molecule has 3 rings (SSSR count). The van der Waals surface area contributed by atoms with Crippen molar-refractivity contribution in [3.05, 3.63) is 93.7 Å². The normalized spacial score (nSPS) is 11.8. The Hall–Kier alpha value is -3.72. The highest BCUT2D eigenvalue weighted by molar-refractivity contribution is 9.10. The largest absolute Gasteiger partial charge is 0.490 e. The molecule has 0 aromatic heterocycles. The van der Waals surface area contributed by atoms with E-state index in [1.807, 2.05) is 37.3 Å². The molecule has 7 nitrogen and oxygen atoms in total. The Morgan fingerprint density at radius 1 is 1.05 bits per heavy atom. The highest BCUT2D eigenvalue weighted by atomic mass is 79.9. The minimum absolute atomic E-state index is 0.209. The average molecular weight is 570 g/mol. The maximum absolute atomic E-state index is 13.1. The van der Waals surface area contributed by atoms with Crippen molar-refractivity contribution in [3.8, 4) is 11.5 Å². The smallest absolute Gasteiger partial charge is 0.262 e. The topological polar surface area (TPSA) is 89.0 Å². The number of halogens is 2. The van der Waals surface area contributed by atoms with Crippen LogP contribution in [0.25, 0.3) is 0 Å². The summed E-state index contributed by atoms with van der Waals surface area (Å²) in [5.41, 5.74) is 4.43. The number of benzene rings is 3. The molecule has 0 aliphatic heterocycles. The standard InChI is InChI=1S/C28H29BrFN3O4/c1-4-36-24-15-20(14-23(29)26(24)37-17-19-8-6-5-7-9-19)16-31-33-28(35)25(18(2)3)32-27(34)21-10-12-22(30)13-11-21/h5-16,18,25H,4,17H2,1-3H3,(H,32,34)(H,33,35). The number of amides is 2. The number of rotatable bonds is 11. The maximum atomic E-state index is 13.1. The van der Waals surface area contributed by atoms with E-state index in [0.717, 1.165) is 5.56 Å². The van der Waals surface area contributed by atoms with Gasteiger partial charge in [-0.05, 0) is 76.3 Å². The van der Waals surface area contributed by atoms with Crippen LogP contribution in [-0.4, -0.2) is 30.7 Å². The van der Waals surface area contributed by atoms with Crippen molar-refractivity contribution in [3.63, 3.8) is 0 Å². The van der Waals surface area contributed by atoms with E-state index in [4.69, 9.17) is 9.47 Å². The molecule has 194 valence electrons. The van der Waals surface area contributed by atoms with Crippen LogP contribution in [0.3, 0.4) is 0 Å². The summed E-state index contributed by atoms with van der Waals surface area (Å²) in [6.07, 6.45) is 1.48. The number of nitrogens with one attached hydrogen (secondary N) is 2. The van der Waals surface area contributed by atoms with Gasteiger partial charge in [-0.25, -0.2) is 9.82 Å². The van der Waals surface area contributed by atoms with Crippen molar-refractivity contribution < 1.29 is 23.5 Å². The molecule has 2 N–H and O–H groups in total. The van der Waals surface area contributed by atoms with Gasteiger partial charge in [-0.1, -0.05) is 44.2 Å². The number of nitrogens with zero attached hydrogens (tertiary/aromatic N) is 1. The molecule has 0 fully saturated rings. The van der Waals surface area contributed by atoms with Crippen LogP contribution in [0.4, 0.5) is 4.39 Å². The van der Waals surface area contributed by atoms with E-state index in [-0.39, 0.29) is 11.5 Å². The third-order valence-corrected chi connectivity index (χ3v) is 5.88. The van der Waals surface area contributed by atoms with Gasteiger partial charge in [0.25, 0.3) is 11.8 Å². The van der Waals surface area contributed by atoms with Crippen LogP contribution in [0.1, 0.15) is 42.3 Å². The van der Waals surface area contributed by atoms with E-state index in [2.05, 4.69) is 31.8 Å². The Morgan fingerprint density at radius 3 is 2.41 bits per heavy atom. The van der Waals surface area contributed by atoms with E-state index in [1.165, 1.54) is 30.5 Å². The molecule has 0 radical (unpaired) electrons. The third-order valence-electron chi connectivity index (χ3n) is 5.29. The second-order valence-electron chi connectivity index (χ2n) is 8.47. The van der Waals surface area contributed by atoms with Gasteiger partial charge >= 0.3 is 0 Å². The number of hydrogen-bond donors (Lipinski definition) is 2. The summed E-state index contributed by atoms with van der Waals surface area (Å²) in [5, 5.41) is 6.74. The zero-order valence-electron chi connectivity index (χ0n) is 20.8. The first-order valence-electron chi connectivity index (χ1n) is 11.8. The van der Waals surface area contributed by atoms with Crippen LogP contribution in [0.2, 0.25) is 0 Å². The number of ether oxygens (including phenoxy) is 2. The van der Waals surface area contributed by atoms with E-state index in [1.54, 1.807) is 26.0 Å². The molecule has 0 saturated carbocycles. The van der Waals surface area contributed by atoms with Crippen molar-refractivity contribution in [1.82, 2.24) is 10.7 Å². The van der Waals surface area contributed by atoms with Gasteiger partial charge in [0.2, 0.25) is 0 Å². The zero-order chi connectivity index (χ0) is 26.8. The van der Waals surface area contributed by atoms with Crippen LogP contribution in [-0.2, 0) is 11.4 Å². The molecule has 9 heteroatoms. The molecular formula is C28H29BrFN3O4. The predicted molar refractivity (Wildman–Crippen MR) is 144 cm³/mol. The Morgan fingerprint density at radius 2 is 1.76 bits per heavy atom. The molecule has 3 aromatic carbocycles. The lowest BCUT2D eigenvalue weighted by atomic mass is 10.0. The molecule has 1 unspecified atom stereocenters. The molecule has 0 heterocycles. The van der Waals surface area contributed by atoms with Gasteiger partial charge in [-0.15, -0.1) is 0 Å². The molecule has 2 amide bonds. The van der Waals surface area contributed by atoms with E-state index >= 15 is 0 Å². The van der Waals surface area contributed by atoms with Crippen LogP contribution in [0.5, 0.6) is 11.5 Å². The molecule has 0 bridgehead atoms. The van der Waals surface area contributed by atoms with Gasteiger partial charge in [-0.3, -0.25) is 9.59 Å². The van der Waals surface area contributed by atoms with Crippen molar-refractivity contribution in [1.29, 1.82) is 0 Å². The minimum atomic E-state index is -0.839. The first-order chi connectivity index (χ1) is 17.8. The van der Waals surface area contributed by atoms with Crippen molar-refractivity contribution in [2.75, 3.05) is 6.61 Å². The van der Waals surface area contributed by atoms with E-state index in [0.29, 0.717) is 34.7 Å². The Bertz CT molecular complexity index is 1230. The molecule has 37 heavy (non-hydrogen) atoms. The molecule has 0 spiro atoms. The molecular weight excluding hydrogens is 541 g/mol. The summed E-state index contributed by atoms with van der Waals surface area (Å²) in [4.78, 5) is 25.3. The first kappa shape index (κ1) is 27.9. The fraction of sp³-hybridized carbons (Fsp3) is 0.250. The molecule has 0 aliphatic carbocycles. The Balaban J connectivity index is 1.67. The molecule has 1 atom stereocenters. The fourth-order valence-electron chi connectivity index (χ4n) is 3.40. The fourth-order valence-corrected chi connectivity index (χ4v) is 3.97. The highest BCUT2D eigenvalue weighted by Crippen LogP contribution is 2.37. The maximum Gasteiger partial charge on any atom is 0.262 e. The summed E-state index contributed by atoms with van der Waals surface area (Å²) >= 11 is 3.53. The van der Waals surface area contributed by atoms with Gasteiger partial charge in [0.05, 0.1) is 17.3 Å². The van der Waals surface area contributed by atoms with Gasteiger partial charge in [0.1, 0.15) is 18.5 Å². The molecule has 0 saturated heterocycles. The lowest BCUT2D eigenvalue weighted by Gasteiger charge is -2.20. The summed E-state index contributed by atoms with van der Waals surface area (Å²) in [6.45, 7) is 6.30. The van der Waals surface area contributed by atoms with Gasteiger partial charge < -0.3 is 14.8 Å². The molecule has 0 aliphatic rings. The monoisotopic (exact) mass is 569 g/mol. The summed E-state index contributed by atoms with van der Waals surface area (Å²) in [7, 11) is 0. The predicted octanol–water partition coefficient (Wildman–Crippen LogP) is 5.47. The van der Waals surface area contributed by atoms with Gasteiger partial charge in [0, 0.05) is 5.56 Å². The van der Waals surface area contributed by atoms with Crippen LogP contribution in [0.15, 0.2) is 76.3 Å². The van der Waals surface area contributed by atoms with Crippen molar-refractivity contribution >= 4 is 34.0 Å². The Labute approximate surface area is 224 Å². The Kier molecular flexibility index (Phi) is 10.2. The van der Waals surface area contributed by atoms with Crippen LogP contribution < -0.4 is 20.2 Å². The summed E-state index contributed by atoms with van der Waals surface area (Å²) < 4.78 is 25.6. The number of carbonyl (C=O) groups excluding carboxylic acids is 2. The first-order valence-corrected chi connectivity index (χ1v) is 12.6.